The number of aliphatic imine (C=N–C) groups is 1. The van der Waals surface area contributed by atoms with Crippen LogP contribution >= 0.6 is 0 Å². The fourth-order valence-electron chi connectivity index (χ4n) is 2.42. The first kappa shape index (κ1) is 12.2. The van der Waals surface area contributed by atoms with Crippen molar-refractivity contribution < 1.29 is 0 Å². The highest BCUT2D eigenvalue weighted by Gasteiger charge is 2.36. The van der Waals surface area contributed by atoms with Crippen LogP contribution < -0.4 is 10.6 Å². The topological polar surface area (TPSA) is 39.7 Å². The number of nitrogens with zero attached hydrogens (tertiary/aromatic N) is 2. The number of nitrogens with one attached hydrogen (secondary N) is 2. The van der Waals surface area contributed by atoms with Gasteiger partial charge in [-0.2, -0.15) is 0 Å². The molecule has 1 aromatic carbocycles. The minimum Gasteiger partial charge on any atom is -0.326 e. The van der Waals surface area contributed by atoms with Crippen LogP contribution in [-0.4, -0.2) is 30.1 Å². The van der Waals surface area contributed by atoms with Gasteiger partial charge in [0, 0.05) is 17.4 Å². The van der Waals surface area contributed by atoms with E-state index < -0.39 is 0 Å². The van der Waals surface area contributed by atoms with Gasteiger partial charge < -0.3 is 10.2 Å². The fraction of sp³-hybridized carbons (Fsp3) is 0.400. The summed E-state index contributed by atoms with van der Waals surface area (Å²) in [6.07, 6.45) is 4.91. The molecule has 0 bridgehead atoms. The van der Waals surface area contributed by atoms with Crippen LogP contribution in [0.5, 0.6) is 0 Å². The number of benzene rings is 1. The molecule has 0 spiro atoms. The third kappa shape index (κ3) is 2.63. The molecule has 1 aliphatic carbocycles. The fourth-order valence-corrected chi connectivity index (χ4v) is 2.42. The zero-order valence-electron chi connectivity index (χ0n) is 11.4. The van der Waals surface area contributed by atoms with E-state index in [0.717, 1.165) is 17.3 Å². The summed E-state index contributed by atoms with van der Waals surface area (Å²) in [7, 11) is 2.00. The first-order valence-corrected chi connectivity index (χ1v) is 6.83. The van der Waals surface area contributed by atoms with Gasteiger partial charge in [-0.05, 0) is 45.0 Å². The molecule has 1 aromatic rings. The predicted octanol–water partition coefficient (Wildman–Crippen LogP) is 2.38. The van der Waals surface area contributed by atoms with Crippen LogP contribution in [0.3, 0.4) is 0 Å². The third-order valence-corrected chi connectivity index (χ3v) is 3.49. The Bertz CT molecular complexity index is 502. The lowest BCUT2D eigenvalue weighted by atomic mass is 10.2. The second-order valence-electron chi connectivity index (χ2n) is 5.11. The van der Waals surface area contributed by atoms with E-state index in [1.54, 1.807) is 0 Å². The molecule has 3 rings (SSSR count). The third-order valence-electron chi connectivity index (χ3n) is 3.49. The second kappa shape index (κ2) is 5.05. The summed E-state index contributed by atoms with van der Waals surface area (Å²) >= 11 is 0. The molecule has 1 unspecified atom stereocenters. The van der Waals surface area contributed by atoms with Gasteiger partial charge in [0.2, 0.25) is 5.96 Å². The Labute approximate surface area is 114 Å². The Morgan fingerprint density at radius 1 is 1.21 bits per heavy atom. The van der Waals surface area contributed by atoms with Crippen molar-refractivity contribution in [2.45, 2.75) is 32.0 Å². The normalized spacial score (nSPS) is 22.8. The first-order valence-electron chi connectivity index (χ1n) is 6.83. The molecule has 4 heteroatoms. The molecular weight excluding hydrogens is 236 g/mol. The van der Waals surface area contributed by atoms with Crippen molar-refractivity contribution in [3.63, 3.8) is 0 Å². The van der Waals surface area contributed by atoms with Gasteiger partial charge in [0.1, 0.15) is 6.17 Å². The maximum Gasteiger partial charge on any atom is 0.205 e. The summed E-state index contributed by atoms with van der Waals surface area (Å²) in [5.41, 5.74) is 2.13. The van der Waals surface area contributed by atoms with Crippen LogP contribution in [0.4, 0.5) is 5.69 Å². The van der Waals surface area contributed by atoms with E-state index in [9.17, 15) is 0 Å². The van der Waals surface area contributed by atoms with Crippen molar-refractivity contribution in [2.75, 3.05) is 12.4 Å². The highest BCUT2D eigenvalue weighted by molar-refractivity contribution is 5.95. The van der Waals surface area contributed by atoms with E-state index in [4.69, 9.17) is 0 Å². The summed E-state index contributed by atoms with van der Waals surface area (Å²) in [6, 6.07) is 10.8. The lowest BCUT2D eigenvalue weighted by Crippen LogP contribution is -2.51. The van der Waals surface area contributed by atoms with Gasteiger partial charge in [-0.1, -0.05) is 18.2 Å². The lowest BCUT2D eigenvalue weighted by Gasteiger charge is -2.35. The van der Waals surface area contributed by atoms with Crippen molar-refractivity contribution in [1.82, 2.24) is 10.2 Å². The number of hydrogen-bond acceptors (Lipinski definition) is 4. The minimum atomic E-state index is 0.233. The highest BCUT2D eigenvalue weighted by atomic mass is 15.4. The van der Waals surface area contributed by atoms with E-state index in [1.807, 2.05) is 32.2 Å². The zero-order chi connectivity index (χ0) is 13.2. The number of anilines is 1. The summed E-state index contributed by atoms with van der Waals surface area (Å²) < 4.78 is 0. The van der Waals surface area contributed by atoms with Crippen LogP contribution in [0.25, 0.3) is 0 Å². The second-order valence-corrected chi connectivity index (χ2v) is 5.11. The maximum atomic E-state index is 4.67. The number of allylic oxidation sites excluding steroid dienone is 1. The standard InChI is InChI=1S/C15H20N4/c1-11-10-14(16-2)19(13-8-9-13)15(17-11)18-12-6-4-3-5-7-12/h3-7,10,13-14,16H,8-9H2,1-2H3,(H,17,18). The van der Waals surface area contributed by atoms with Crippen LogP contribution in [0, 0.1) is 0 Å². The maximum absolute atomic E-state index is 4.67. The summed E-state index contributed by atoms with van der Waals surface area (Å²) in [5.74, 6) is 0.952. The van der Waals surface area contributed by atoms with E-state index in [1.165, 1.54) is 12.8 Å². The van der Waals surface area contributed by atoms with E-state index in [-0.39, 0.29) is 6.17 Å². The summed E-state index contributed by atoms with van der Waals surface area (Å²) in [5, 5.41) is 6.79. The van der Waals surface area contributed by atoms with Gasteiger partial charge >= 0.3 is 0 Å². The number of rotatable bonds is 3. The zero-order valence-corrected chi connectivity index (χ0v) is 11.4. The Morgan fingerprint density at radius 2 is 1.95 bits per heavy atom. The van der Waals surface area contributed by atoms with Gasteiger partial charge in [-0.3, -0.25) is 5.32 Å². The van der Waals surface area contributed by atoms with Crippen LogP contribution in [0.2, 0.25) is 0 Å². The molecule has 0 aromatic heterocycles. The van der Waals surface area contributed by atoms with Crippen molar-refractivity contribution in [1.29, 1.82) is 0 Å². The number of hydrogen-bond donors (Lipinski definition) is 2. The molecular formula is C15H20N4. The largest absolute Gasteiger partial charge is 0.326 e. The molecule has 19 heavy (non-hydrogen) atoms. The Kier molecular flexibility index (Phi) is 3.25. The molecule has 1 saturated carbocycles. The van der Waals surface area contributed by atoms with Gasteiger partial charge in [0.05, 0.1) is 0 Å². The Balaban J connectivity index is 1.86. The van der Waals surface area contributed by atoms with Crippen LogP contribution in [0.15, 0.2) is 47.1 Å². The molecule has 100 valence electrons. The SMILES string of the molecule is CNC1C=C(C)N=C(Nc2ccccc2)N1C1CC1. The minimum absolute atomic E-state index is 0.233. The number of likely N-dealkylation sites (N-methyl/N-ethyl adjacent to an activating group) is 1. The van der Waals surface area contributed by atoms with Gasteiger partial charge in [-0.15, -0.1) is 0 Å². The summed E-state index contributed by atoms with van der Waals surface area (Å²) in [6.45, 7) is 2.04. The molecule has 0 amide bonds. The molecule has 1 heterocycles. The monoisotopic (exact) mass is 256 g/mol. The average Bonchev–Trinajstić information content (AvgIpc) is 3.23. The Morgan fingerprint density at radius 3 is 2.58 bits per heavy atom. The molecule has 1 atom stereocenters. The van der Waals surface area contributed by atoms with Gasteiger partial charge in [0.25, 0.3) is 0 Å². The van der Waals surface area contributed by atoms with Gasteiger partial charge in [0.15, 0.2) is 0 Å². The van der Waals surface area contributed by atoms with Crippen LogP contribution in [0.1, 0.15) is 19.8 Å². The van der Waals surface area contributed by atoms with Gasteiger partial charge in [-0.25, -0.2) is 4.99 Å². The van der Waals surface area contributed by atoms with E-state index >= 15 is 0 Å². The first-order chi connectivity index (χ1) is 9.28. The lowest BCUT2D eigenvalue weighted by molar-refractivity contribution is 0.308. The molecule has 1 aliphatic heterocycles. The number of guanidine groups is 1. The molecule has 0 saturated heterocycles. The molecule has 0 radical (unpaired) electrons. The molecule has 2 N–H and O–H groups in total. The van der Waals surface area contributed by atoms with E-state index in [2.05, 4.69) is 38.7 Å². The van der Waals surface area contributed by atoms with Crippen molar-refractivity contribution >= 4 is 11.6 Å². The quantitative estimate of drug-likeness (QED) is 0.872. The Hall–Kier alpha value is -1.81. The van der Waals surface area contributed by atoms with E-state index in [0.29, 0.717) is 6.04 Å². The number of para-hydroxylation sites is 1. The average molecular weight is 256 g/mol. The van der Waals surface area contributed by atoms with Crippen molar-refractivity contribution in [2.24, 2.45) is 4.99 Å². The summed E-state index contributed by atoms with van der Waals surface area (Å²) in [4.78, 5) is 7.02. The molecule has 4 nitrogen and oxygen atoms in total. The van der Waals surface area contributed by atoms with Crippen LogP contribution in [-0.2, 0) is 0 Å². The highest BCUT2D eigenvalue weighted by Crippen LogP contribution is 2.31. The molecule has 1 fully saturated rings. The molecule has 2 aliphatic rings. The van der Waals surface area contributed by atoms with Crippen molar-refractivity contribution in [3.05, 3.63) is 42.1 Å². The smallest absolute Gasteiger partial charge is 0.205 e. The predicted molar refractivity (Wildman–Crippen MR) is 79.0 cm³/mol. The van der Waals surface area contributed by atoms with Crippen molar-refractivity contribution in [3.8, 4) is 0 Å².